The van der Waals surface area contributed by atoms with Gasteiger partial charge in [-0.2, -0.15) is 0 Å². The average Bonchev–Trinajstić information content (AvgIpc) is 2.63. The Hall–Kier alpha value is -2.69. The monoisotopic (exact) mass is 344 g/mol. The van der Waals surface area contributed by atoms with E-state index in [4.69, 9.17) is 18.9 Å². The Morgan fingerprint density at radius 2 is 1.36 bits per heavy atom. The first-order valence-electron chi connectivity index (χ1n) is 8.40. The van der Waals surface area contributed by atoms with Crippen LogP contribution in [0.15, 0.2) is 36.4 Å². The molecular formula is C20H24O5. The van der Waals surface area contributed by atoms with Crippen LogP contribution < -0.4 is 18.9 Å². The third-order valence-corrected chi connectivity index (χ3v) is 3.54. The lowest BCUT2D eigenvalue weighted by molar-refractivity contribution is 0.103. The Balaban J connectivity index is 2.55. The molecule has 5 heteroatoms. The van der Waals surface area contributed by atoms with Crippen LogP contribution >= 0.6 is 0 Å². The molecule has 0 radical (unpaired) electrons. The van der Waals surface area contributed by atoms with Crippen molar-refractivity contribution in [2.75, 3.05) is 26.9 Å². The third-order valence-electron chi connectivity index (χ3n) is 3.54. The normalized spacial score (nSPS) is 10.2. The molecule has 0 saturated carbocycles. The van der Waals surface area contributed by atoms with Gasteiger partial charge in [-0.05, 0) is 39.0 Å². The van der Waals surface area contributed by atoms with Gasteiger partial charge in [-0.3, -0.25) is 4.79 Å². The summed E-state index contributed by atoms with van der Waals surface area (Å²) in [5, 5.41) is 0. The molecule has 0 aliphatic rings. The minimum Gasteiger partial charge on any atom is -0.493 e. The highest BCUT2D eigenvalue weighted by molar-refractivity contribution is 6.12. The number of hydrogen-bond donors (Lipinski definition) is 0. The fourth-order valence-electron chi connectivity index (χ4n) is 2.50. The maximum Gasteiger partial charge on any atom is 0.200 e. The number of para-hydroxylation sites is 1. The molecule has 0 amide bonds. The molecule has 134 valence electrons. The second-order valence-corrected chi connectivity index (χ2v) is 5.12. The van der Waals surface area contributed by atoms with Crippen molar-refractivity contribution >= 4 is 5.78 Å². The van der Waals surface area contributed by atoms with Crippen molar-refractivity contribution in [2.24, 2.45) is 0 Å². The Morgan fingerprint density at radius 1 is 0.760 bits per heavy atom. The first-order chi connectivity index (χ1) is 12.2. The molecule has 5 nitrogen and oxygen atoms in total. The highest BCUT2D eigenvalue weighted by Crippen LogP contribution is 2.37. The smallest absolute Gasteiger partial charge is 0.200 e. The number of carbonyl (C=O) groups excluding carboxylic acids is 1. The first-order valence-corrected chi connectivity index (χ1v) is 8.40. The van der Waals surface area contributed by atoms with Crippen molar-refractivity contribution in [2.45, 2.75) is 20.8 Å². The fourth-order valence-corrected chi connectivity index (χ4v) is 2.50. The van der Waals surface area contributed by atoms with E-state index in [0.29, 0.717) is 53.9 Å². The second-order valence-electron chi connectivity index (χ2n) is 5.12. The molecule has 0 saturated heterocycles. The molecular weight excluding hydrogens is 320 g/mol. The Bertz CT molecular complexity index is 724. The molecule has 0 heterocycles. The van der Waals surface area contributed by atoms with E-state index in [9.17, 15) is 4.79 Å². The predicted octanol–water partition coefficient (Wildman–Crippen LogP) is 4.12. The molecule has 0 bridgehead atoms. The van der Waals surface area contributed by atoms with Gasteiger partial charge in [0.2, 0.25) is 5.78 Å². The average molecular weight is 344 g/mol. The number of hydrogen-bond acceptors (Lipinski definition) is 5. The molecule has 2 rings (SSSR count). The van der Waals surface area contributed by atoms with Crippen LogP contribution in [0.1, 0.15) is 36.7 Å². The predicted molar refractivity (Wildman–Crippen MR) is 96.4 cm³/mol. The second kappa shape index (κ2) is 8.97. The zero-order chi connectivity index (χ0) is 18.2. The highest BCUT2D eigenvalue weighted by Gasteiger charge is 2.22. The molecule has 0 fully saturated rings. The largest absolute Gasteiger partial charge is 0.493 e. The van der Waals surface area contributed by atoms with Gasteiger partial charge in [-0.1, -0.05) is 12.1 Å². The number of ketones is 1. The fraction of sp³-hybridized carbons (Fsp3) is 0.350. The highest BCUT2D eigenvalue weighted by atomic mass is 16.5. The van der Waals surface area contributed by atoms with Crippen molar-refractivity contribution in [3.05, 3.63) is 47.5 Å². The topological polar surface area (TPSA) is 54.0 Å². The lowest BCUT2D eigenvalue weighted by Crippen LogP contribution is -2.09. The summed E-state index contributed by atoms with van der Waals surface area (Å²) in [7, 11) is 1.56. The summed E-state index contributed by atoms with van der Waals surface area (Å²) < 4.78 is 22.2. The molecule has 0 spiro atoms. The summed E-state index contributed by atoms with van der Waals surface area (Å²) in [6, 6.07) is 10.5. The molecule has 0 aromatic heterocycles. The summed E-state index contributed by atoms with van der Waals surface area (Å²) in [6.07, 6.45) is 0. The van der Waals surface area contributed by atoms with E-state index >= 15 is 0 Å². The lowest BCUT2D eigenvalue weighted by atomic mass is 10.0. The van der Waals surface area contributed by atoms with Gasteiger partial charge < -0.3 is 18.9 Å². The standard InChI is InChI=1S/C20H24O5/c1-5-23-16-11-9-8-10-14(16)20(21)15-12-19(25-7-3)18(22-4)13-17(15)24-6-2/h8-13H,5-7H2,1-4H3. The van der Waals surface area contributed by atoms with Gasteiger partial charge in [0.05, 0.1) is 38.1 Å². The van der Waals surface area contributed by atoms with Gasteiger partial charge in [0.1, 0.15) is 11.5 Å². The minimum atomic E-state index is -0.184. The summed E-state index contributed by atoms with van der Waals surface area (Å²) in [6.45, 7) is 7.01. The van der Waals surface area contributed by atoms with Crippen molar-refractivity contribution in [1.29, 1.82) is 0 Å². The zero-order valence-corrected chi connectivity index (χ0v) is 15.1. The van der Waals surface area contributed by atoms with Crippen LogP contribution in [-0.4, -0.2) is 32.7 Å². The van der Waals surface area contributed by atoms with Crippen LogP contribution in [0.2, 0.25) is 0 Å². The summed E-state index contributed by atoms with van der Waals surface area (Å²) in [5.74, 6) is 1.85. The van der Waals surface area contributed by atoms with Crippen molar-refractivity contribution in [3.63, 3.8) is 0 Å². The van der Waals surface area contributed by atoms with Crippen LogP contribution in [-0.2, 0) is 0 Å². The maximum absolute atomic E-state index is 13.1. The number of rotatable bonds is 9. The van der Waals surface area contributed by atoms with Crippen LogP contribution in [0.4, 0.5) is 0 Å². The molecule has 0 aliphatic carbocycles. The van der Waals surface area contributed by atoms with Gasteiger partial charge in [-0.15, -0.1) is 0 Å². The Morgan fingerprint density at radius 3 is 2.00 bits per heavy atom. The number of benzene rings is 2. The Kier molecular flexibility index (Phi) is 6.69. The van der Waals surface area contributed by atoms with Crippen LogP contribution in [0.3, 0.4) is 0 Å². The van der Waals surface area contributed by atoms with Crippen LogP contribution in [0, 0.1) is 0 Å². The third kappa shape index (κ3) is 4.24. The van der Waals surface area contributed by atoms with E-state index < -0.39 is 0 Å². The number of methoxy groups -OCH3 is 1. The molecule has 0 N–H and O–H groups in total. The summed E-state index contributed by atoms with van der Waals surface area (Å²) in [4.78, 5) is 13.1. The molecule has 0 atom stereocenters. The molecule has 25 heavy (non-hydrogen) atoms. The van der Waals surface area contributed by atoms with Gasteiger partial charge in [0.25, 0.3) is 0 Å². The first kappa shape index (κ1) is 18.6. The van der Waals surface area contributed by atoms with Crippen molar-refractivity contribution in [1.82, 2.24) is 0 Å². The quantitative estimate of drug-likeness (QED) is 0.641. The maximum atomic E-state index is 13.1. The Labute approximate surface area is 148 Å². The zero-order valence-electron chi connectivity index (χ0n) is 15.1. The van der Waals surface area contributed by atoms with E-state index in [1.165, 1.54) is 0 Å². The van der Waals surface area contributed by atoms with Gasteiger partial charge in [-0.25, -0.2) is 0 Å². The van der Waals surface area contributed by atoms with Crippen LogP contribution in [0.5, 0.6) is 23.0 Å². The van der Waals surface area contributed by atoms with E-state index in [2.05, 4.69) is 0 Å². The van der Waals surface area contributed by atoms with E-state index in [1.807, 2.05) is 32.9 Å². The van der Waals surface area contributed by atoms with Crippen LogP contribution in [0.25, 0.3) is 0 Å². The molecule has 2 aromatic rings. The van der Waals surface area contributed by atoms with Gasteiger partial charge in [0, 0.05) is 6.07 Å². The van der Waals surface area contributed by atoms with E-state index in [-0.39, 0.29) is 5.78 Å². The molecule has 2 aromatic carbocycles. The van der Waals surface area contributed by atoms with E-state index in [1.54, 1.807) is 31.4 Å². The van der Waals surface area contributed by atoms with E-state index in [0.717, 1.165) is 0 Å². The number of ether oxygens (including phenoxy) is 4. The summed E-state index contributed by atoms with van der Waals surface area (Å²) >= 11 is 0. The lowest BCUT2D eigenvalue weighted by Gasteiger charge is -2.16. The molecule has 0 aliphatic heterocycles. The van der Waals surface area contributed by atoms with Gasteiger partial charge >= 0.3 is 0 Å². The number of carbonyl (C=O) groups is 1. The minimum absolute atomic E-state index is 0.184. The SMILES string of the molecule is CCOc1cc(C(=O)c2ccccc2OCC)c(OCC)cc1OC. The summed E-state index contributed by atoms with van der Waals surface area (Å²) in [5.41, 5.74) is 0.899. The van der Waals surface area contributed by atoms with Crippen molar-refractivity contribution in [3.8, 4) is 23.0 Å². The molecule has 0 unspecified atom stereocenters. The van der Waals surface area contributed by atoms with Gasteiger partial charge in [0.15, 0.2) is 11.5 Å². The van der Waals surface area contributed by atoms with Crippen molar-refractivity contribution < 1.29 is 23.7 Å².